The van der Waals surface area contributed by atoms with Crippen molar-refractivity contribution in [3.05, 3.63) is 155 Å². The van der Waals surface area contributed by atoms with E-state index in [-0.39, 0.29) is 64.4 Å². The predicted molar refractivity (Wildman–Crippen MR) is 280 cm³/mol. The Kier molecular flexibility index (Phi) is 11.8. The largest absolute Gasteiger partial charge is 0.507 e. The Balaban J connectivity index is 1.38. The lowest BCUT2D eigenvalue weighted by molar-refractivity contribution is 0.321. The minimum Gasteiger partial charge on any atom is -0.507 e. The second kappa shape index (κ2) is 17.2. The SMILES string of the molecule is CC(C)(C)c1cc2c(O)c(c1)Cc1cc(C(C)(C)C)cc3c1OCCNc1ccc4c(=O)[nH]c(O)c5ccc(c1c54)=NCCOc1c(cc(C(C)(C)C)cc1Cc1cc(C(C)(C)C)cc(c1O)C3)C2. The molecule has 0 atom stereocenters. The van der Waals surface area contributed by atoms with Crippen LogP contribution in [-0.4, -0.2) is 46.6 Å². The van der Waals surface area contributed by atoms with Gasteiger partial charge in [0.05, 0.1) is 11.9 Å². The van der Waals surface area contributed by atoms with Crippen molar-refractivity contribution in [2.24, 2.45) is 4.99 Å². The summed E-state index contributed by atoms with van der Waals surface area (Å²) in [5, 5.41) is 42.9. The summed E-state index contributed by atoms with van der Waals surface area (Å²) in [6, 6.07) is 24.9. The maximum atomic E-state index is 13.3. The lowest BCUT2D eigenvalue weighted by Crippen LogP contribution is -2.19. The molecule has 0 fully saturated rings. The molecule has 0 saturated carbocycles. The number of fused-ring (bicyclic) bond motifs is 6. The number of phenolic OH excluding ortho intramolecular Hbond substituents is 2. The van der Waals surface area contributed by atoms with Crippen LogP contribution in [0.5, 0.6) is 28.9 Å². The Labute approximate surface area is 406 Å². The zero-order chi connectivity index (χ0) is 49.5. The van der Waals surface area contributed by atoms with Crippen LogP contribution >= 0.6 is 0 Å². The van der Waals surface area contributed by atoms with E-state index in [0.29, 0.717) is 59.5 Å². The highest BCUT2D eigenvalue weighted by Crippen LogP contribution is 2.44. The average molecular weight is 928 g/mol. The van der Waals surface area contributed by atoms with Crippen LogP contribution in [0, 0.1) is 0 Å². The second-order valence-electron chi connectivity index (χ2n) is 23.6. The predicted octanol–water partition coefficient (Wildman–Crippen LogP) is 11.9. The van der Waals surface area contributed by atoms with Crippen LogP contribution in [0.2, 0.25) is 0 Å². The normalized spacial score (nSPS) is 14.9. The average Bonchev–Trinajstić information content (AvgIpc) is 3.24. The minimum absolute atomic E-state index is 0.190. The molecule has 6 aromatic carbocycles. The first kappa shape index (κ1) is 47.6. The molecular weight excluding hydrogens is 859 g/mol. The second-order valence-corrected chi connectivity index (χ2v) is 23.6. The standard InChI is InChI=1S/C60H69N3O6/c1-57(2,3)41-25-33-21-37-29-43(59(7,8)9)31-39-23-35-27-42(58(4,5)6)28-36(52(35)65)24-40-32-44(60(10,11)12)30-38(22-34(26-41)51(33)64)54(40)69-20-18-62-48-16-14-46-49-45(55(66)63-56(46)67)13-15-47(50(48)49)61-17-19-68-53(37)39/h13-16,25-32,61,64-65H,17-24H2,1-12H3,(H2,63,66,67). The van der Waals surface area contributed by atoms with Gasteiger partial charge in [-0.1, -0.05) is 132 Å². The molecule has 3 heterocycles. The summed E-state index contributed by atoms with van der Waals surface area (Å²) >= 11 is 0. The van der Waals surface area contributed by atoms with Gasteiger partial charge in [-0.05, 0) is 113 Å². The Bertz CT molecular complexity index is 3180. The summed E-state index contributed by atoms with van der Waals surface area (Å²) in [4.78, 5) is 21.0. The Hall–Kier alpha value is -6.48. The maximum absolute atomic E-state index is 13.3. The van der Waals surface area contributed by atoms with Crippen LogP contribution in [-0.2, 0) is 47.3 Å². The van der Waals surface area contributed by atoms with E-state index in [9.17, 15) is 20.1 Å². The smallest absolute Gasteiger partial charge is 0.258 e. The molecule has 7 aromatic rings. The number of aromatic amines is 1. The van der Waals surface area contributed by atoms with Gasteiger partial charge in [0, 0.05) is 59.5 Å². The summed E-state index contributed by atoms with van der Waals surface area (Å²) in [6.45, 7) is 27.7. The fourth-order valence-electron chi connectivity index (χ4n) is 10.1. The lowest BCUT2D eigenvalue weighted by Gasteiger charge is -2.28. The Morgan fingerprint density at radius 1 is 0.493 bits per heavy atom. The quantitative estimate of drug-likeness (QED) is 0.102. The van der Waals surface area contributed by atoms with Crippen LogP contribution in [0.3, 0.4) is 0 Å². The van der Waals surface area contributed by atoms with E-state index in [4.69, 9.17) is 14.5 Å². The number of anilines is 1. The van der Waals surface area contributed by atoms with Crippen molar-refractivity contribution < 1.29 is 24.8 Å². The highest BCUT2D eigenvalue weighted by atomic mass is 16.5. The first-order valence-corrected chi connectivity index (χ1v) is 24.5. The highest BCUT2D eigenvalue weighted by molar-refractivity contribution is 6.15. The monoisotopic (exact) mass is 928 g/mol. The first-order chi connectivity index (χ1) is 32.3. The number of benzene rings is 6. The van der Waals surface area contributed by atoms with Gasteiger partial charge in [-0.25, -0.2) is 0 Å². The molecule has 5 N–H and O–H groups in total. The molecule has 0 saturated heterocycles. The molecule has 360 valence electrons. The number of rotatable bonds is 0. The molecule has 2 aliphatic heterocycles. The van der Waals surface area contributed by atoms with Gasteiger partial charge in [-0.3, -0.25) is 14.8 Å². The fourth-order valence-corrected chi connectivity index (χ4v) is 10.1. The van der Waals surface area contributed by atoms with E-state index in [2.05, 4.69) is 142 Å². The number of pyridine rings is 1. The van der Waals surface area contributed by atoms with Gasteiger partial charge in [-0.2, -0.15) is 0 Å². The van der Waals surface area contributed by atoms with Gasteiger partial charge in [0.2, 0.25) is 0 Å². The van der Waals surface area contributed by atoms with Crippen molar-refractivity contribution in [3.63, 3.8) is 0 Å². The number of aromatic nitrogens is 1. The molecule has 10 rings (SSSR count). The summed E-state index contributed by atoms with van der Waals surface area (Å²) in [7, 11) is 0. The van der Waals surface area contributed by atoms with Gasteiger partial charge < -0.3 is 30.1 Å². The molecule has 0 amide bonds. The van der Waals surface area contributed by atoms with Crippen LogP contribution < -0.4 is 25.7 Å². The third kappa shape index (κ3) is 9.25. The van der Waals surface area contributed by atoms with E-state index in [1.54, 1.807) is 12.1 Å². The maximum Gasteiger partial charge on any atom is 0.258 e. The van der Waals surface area contributed by atoms with Crippen molar-refractivity contribution in [1.29, 1.82) is 0 Å². The minimum atomic E-state index is -0.378. The molecule has 0 radical (unpaired) electrons. The first-order valence-electron chi connectivity index (χ1n) is 24.5. The third-order valence-electron chi connectivity index (χ3n) is 14.2. The molecule has 0 spiro atoms. The lowest BCUT2D eigenvalue weighted by atomic mass is 9.79. The third-order valence-corrected chi connectivity index (χ3v) is 14.2. The van der Waals surface area contributed by atoms with Gasteiger partial charge in [0.15, 0.2) is 5.88 Å². The highest BCUT2D eigenvalue weighted by Gasteiger charge is 2.29. The molecular formula is C60H69N3O6. The summed E-state index contributed by atoms with van der Waals surface area (Å²) in [5.74, 6) is 1.75. The van der Waals surface area contributed by atoms with Crippen molar-refractivity contribution in [2.45, 2.75) is 130 Å². The molecule has 69 heavy (non-hydrogen) atoms. The van der Waals surface area contributed by atoms with Crippen molar-refractivity contribution in [3.8, 4) is 28.9 Å². The number of ether oxygens (including phenoxy) is 2. The molecule has 1 aromatic heterocycles. The summed E-state index contributed by atoms with van der Waals surface area (Å²) < 4.78 is 14.1. The number of nitrogens with zero attached hydrogens (tertiary/aromatic N) is 1. The van der Waals surface area contributed by atoms with E-state index in [1.165, 1.54) is 0 Å². The van der Waals surface area contributed by atoms with Crippen LogP contribution in [0.15, 0.2) is 82.6 Å². The molecule has 3 aliphatic rings. The van der Waals surface area contributed by atoms with Crippen LogP contribution in [0.4, 0.5) is 5.69 Å². The van der Waals surface area contributed by atoms with Gasteiger partial charge in [-0.15, -0.1) is 0 Å². The summed E-state index contributed by atoms with van der Waals surface area (Å²) in [5.41, 5.74) is 11.0. The van der Waals surface area contributed by atoms with E-state index < -0.39 is 0 Å². The Morgan fingerprint density at radius 3 is 1.30 bits per heavy atom. The van der Waals surface area contributed by atoms with Gasteiger partial charge >= 0.3 is 0 Å². The number of hydrogen-bond acceptors (Lipinski definition) is 8. The van der Waals surface area contributed by atoms with E-state index in [0.717, 1.165) is 83.6 Å². The number of hydrogen-bond donors (Lipinski definition) is 5. The fraction of sp³-hybridized carbons (Fsp3) is 0.400. The van der Waals surface area contributed by atoms with Crippen molar-refractivity contribution >= 4 is 27.2 Å². The number of H-pyrrole nitrogens is 1. The van der Waals surface area contributed by atoms with Crippen LogP contribution in [0.1, 0.15) is 150 Å². The molecule has 0 unspecified atom stereocenters. The number of phenols is 2. The van der Waals surface area contributed by atoms with Gasteiger partial charge in [0.25, 0.3) is 5.56 Å². The van der Waals surface area contributed by atoms with Crippen molar-refractivity contribution in [1.82, 2.24) is 4.98 Å². The number of nitrogens with one attached hydrogen (secondary N) is 2. The zero-order valence-corrected chi connectivity index (χ0v) is 42.6. The number of aromatic hydroxyl groups is 3. The van der Waals surface area contributed by atoms with Gasteiger partial charge in [0.1, 0.15) is 36.2 Å². The summed E-state index contributed by atoms with van der Waals surface area (Å²) in [6.07, 6.45) is 1.60. The Morgan fingerprint density at radius 2 is 0.884 bits per heavy atom. The topological polar surface area (TPSA) is 136 Å². The molecule has 1 aliphatic carbocycles. The van der Waals surface area contributed by atoms with Crippen molar-refractivity contribution in [2.75, 3.05) is 31.6 Å². The molecule has 9 heteroatoms. The zero-order valence-electron chi connectivity index (χ0n) is 42.6. The van der Waals surface area contributed by atoms with E-state index in [1.807, 2.05) is 12.1 Å². The van der Waals surface area contributed by atoms with Crippen LogP contribution in [0.25, 0.3) is 21.5 Å². The van der Waals surface area contributed by atoms with E-state index >= 15 is 0 Å². The molecule has 9 nitrogen and oxygen atoms in total. The molecule has 10 bridgehead atoms.